The quantitative estimate of drug-likeness (QED) is 0.660. The molecule has 0 spiro atoms. The van der Waals surface area contributed by atoms with Crippen molar-refractivity contribution in [2.75, 3.05) is 0 Å². The first-order chi connectivity index (χ1) is 10.2. The molecule has 2 nitrogen and oxygen atoms in total. The molecular weight excluding hydrogens is 258 g/mol. The van der Waals surface area contributed by atoms with Gasteiger partial charge in [-0.3, -0.25) is 9.78 Å². The van der Waals surface area contributed by atoms with Crippen molar-refractivity contribution in [3.05, 3.63) is 65.4 Å². The Kier molecular flexibility index (Phi) is 2.64. The summed E-state index contributed by atoms with van der Waals surface area (Å²) in [6, 6.07) is 14.4. The lowest BCUT2D eigenvalue weighted by molar-refractivity contribution is 0.0994. The Balaban J connectivity index is 1.95. The summed E-state index contributed by atoms with van der Waals surface area (Å²) in [6.07, 6.45) is 3.39. The molecule has 21 heavy (non-hydrogen) atoms. The van der Waals surface area contributed by atoms with Gasteiger partial charge in [0.15, 0.2) is 5.78 Å². The molecule has 1 heterocycles. The van der Waals surface area contributed by atoms with E-state index < -0.39 is 0 Å². The standard InChI is InChI=1S/C19H15NO/c1-12-6-7-15(16-8-9-18(21)19(12)16)14-10-13-4-2-3-5-17(13)20-11-14/h2-7,10-11H,8-9H2,1H3. The molecule has 1 aromatic heterocycles. The number of rotatable bonds is 1. The van der Waals surface area contributed by atoms with Gasteiger partial charge in [0, 0.05) is 29.1 Å². The Morgan fingerprint density at radius 1 is 1.05 bits per heavy atom. The molecule has 0 bridgehead atoms. The molecule has 0 unspecified atom stereocenters. The van der Waals surface area contributed by atoms with Gasteiger partial charge in [-0.1, -0.05) is 30.3 Å². The lowest BCUT2D eigenvalue weighted by Crippen LogP contribution is -1.97. The summed E-state index contributed by atoms with van der Waals surface area (Å²) in [5.74, 6) is 0.276. The normalized spacial score (nSPS) is 13.7. The van der Waals surface area contributed by atoms with Crippen LogP contribution in [0.3, 0.4) is 0 Å². The zero-order valence-corrected chi connectivity index (χ0v) is 11.9. The first-order valence-corrected chi connectivity index (χ1v) is 7.25. The monoisotopic (exact) mass is 273 g/mol. The lowest BCUT2D eigenvalue weighted by Gasteiger charge is -2.11. The van der Waals surface area contributed by atoms with Crippen LogP contribution in [-0.4, -0.2) is 10.8 Å². The van der Waals surface area contributed by atoms with E-state index in [1.54, 1.807) is 0 Å². The molecular formula is C19H15NO. The van der Waals surface area contributed by atoms with E-state index in [9.17, 15) is 4.79 Å². The topological polar surface area (TPSA) is 30.0 Å². The predicted octanol–water partition coefficient (Wildman–Crippen LogP) is 4.34. The molecule has 0 N–H and O–H groups in total. The van der Waals surface area contributed by atoms with Crippen molar-refractivity contribution < 1.29 is 4.79 Å². The van der Waals surface area contributed by atoms with Crippen molar-refractivity contribution in [1.29, 1.82) is 0 Å². The second-order valence-electron chi connectivity index (χ2n) is 5.62. The molecule has 0 saturated heterocycles. The smallest absolute Gasteiger partial charge is 0.163 e. The van der Waals surface area contributed by atoms with E-state index in [-0.39, 0.29) is 5.78 Å². The molecule has 0 radical (unpaired) electrons. The molecule has 0 fully saturated rings. The first-order valence-electron chi connectivity index (χ1n) is 7.25. The third-order valence-electron chi connectivity index (χ3n) is 4.30. The number of aryl methyl sites for hydroxylation is 1. The molecule has 0 atom stereocenters. The SMILES string of the molecule is Cc1ccc(-c2cnc3ccccc3c2)c2c1C(=O)CC2. The average Bonchev–Trinajstić information content (AvgIpc) is 2.90. The highest BCUT2D eigenvalue weighted by molar-refractivity contribution is 6.04. The summed E-state index contributed by atoms with van der Waals surface area (Å²) >= 11 is 0. The molecule has 102 valence electrons. The van der Waals surface area contributed by atoms with Crippen molar-refractivity contribution in [3.8, 4) is 11.1 Å². The Bertz CT molecular complexity index is 880. The molecule has 1 aliphatic rings. The number of Topliss-reactive ketones (excluding diaryl/α,β-unsaturated/α-hetero) is 1. The number of para-hydroxylation sites is 1. The molecule has 4 rings (SSSR count). The van der Waals surface area contributed by atoms with Crippen LogP contribution in [0.4, 0.5) is 0 Å². The van der Waals surface area contributed by atoms with Crippen LogP contribution < -0.4 is 0 Å². The highest BCUT2D eigenvalue weighted by Crippen LogP contribution is 2.34. The summed E-state index contributed by atoms with van der Waals surface area (Å²) in [5.41, 5.74) is 6.46. The summed E-state index contributed by atoms with van der Waals surface area (Å²) in [7, 11) is 0. The van der Waals surface area contributed by atoms with Crippen LogP contribution in [0.5, 0.6) is 0 Å². The van der Waals surface area contributed by atoms with Crippen LogP contribution in [0.2, 0.25) is 0 Å². The van der Waals surface area contributed by atoms with Gasteiger partial charge in [0.05, 0.1) is 5.52 Å². The van der Waals surface area contributed by atoms with E-state index >= 15 is 0 Å². The van der Waals surface area contributed by atoms with E-state index in [0.29, 0.717) is 6.42 Å². The van der Waals surface area contributed by atoms with Crippen LogP contribution in [0.15, 0.2) is 48.7 Å². The van der Waals surface area contributed by atoms with E-state index in [2.05, 4.69) is 23.2 Å². The number of benzene rings is 2. The molecule has 0 saturated carbocycles. The highest BCUT2D eigenvalue weighted by Gasteiger charge is 2.24. The fourth-order valence-electron chi connectivity index (χ4n) is 3.27. The van der Waals surface area contributed by atoms with Crippen LogP contribution in [-0.2, 0) is 6.42 Å². The molecule has 2 aromatic carbocycles. The summed E-state index contributed by atoms with van der Waals surface area (Å²) in [6.45, 7) is 2.02. The Morgan fingerprint density at radius 3 is 2.81 bits per heavy atom. The van der Waals surface area contributed by atoms with Gasteiger partial charge in [-0.2, -0.15) is 0 Å². The molecule has 2 heteroatoms. The Morgan fingerprint density at radius 2 is 1.90 bits per heavy atom. The predicted molar refractivity (Wildman–Crippen MR) is 84.6 cm³/mol. The fraction of sp³-hybridized carbons (Fsp3) is 0.158. The highest BCUT2D eigenvalue weighted by atomic mass is 16.1. The minimum Gasteiger partial charge on any atom is -0.294 e. The number of fused-ring (bicyclic) bond motifs is 2. The van der Waals surface area contributed by atoms with Crippen LogP contribution in [0.1, 0.15) is 27.9 Å². The molecule has 1 aliphatic carbocycles. The van der Waals surface area contributed by atoms with Gasteiger partial charge in [0.2, 0.25) is 0 Å². The second-order valence-corrected chi connectivity index (χ2v) is 5.62. The van der Waals surface area contributed by atoms with Crippen LogP contribution in [0, 0.1) is 6.92 Å². The third kappa shape index (κ3) is 1.87. The molecule has 0 aliphatic heterocycles. The lowest BCUT2D eigenvalue weighted by atomic mass is 9.94. The van der Waals surface area contributed by atoms with Gasteiger partial charge in [-0.15, -0.1) is 0 Å². The molecule has 0 amide bonds. The number of pyridine rings is 1. The average molecular weight is 273 g/mol. The zero-order chi connectivity index (χ0) is 14.4. The first kappa shape index (κ1) is 12.3. The zero-order valence-electron chi connectivity index (χ0n) is 11.9. The summed E-state index contributed by atoms with van der Waals surface area (Å²) < 4.78 is 0. The maximum atomic E-state index is 12.1. The number of hydrogen-bond donors (Lipinski definition) is 0. The van der Waals surface area contributed by atoms with Gasteiger partial charge in [-0.05, 0) is 42.2 Å². The number of ketones is 1. The van der Waals surface area contributed by atoms with Gasteiger partial charge >= 0.3 is 0 Å². The second kappa shape index (κ2) is 4.52. The Labute approximate surface area is 123 Å². The number of carbonyl (C=O) groups excluding carboxylic acids is 1. The maximum absolute atomic E-state index is 12.1. The van der Waals surface area contributed by atoms with E-state index in [4.69, 9.17) is 0 Å². The minimum atomic E-state index is 0.276. The number of nitrogens with zero attached hydrogens (tertiary/aromatic N) is 1. The number of hydrogen-bond acceptors (Lipinski definition) is 2. The van der Waals surface area contributed by atoms with Crippen LogP contribution >= 0.6 is 0 Å². The van der Waals surface area contributed by atoms with Gasteiger partial charge in [0.1, 0.15) is 0 Å². The number of aromatic nitrogens is 1. The van der Waals surface area contributed by atoms with E-state index in [1.165, 1.54) is 5.56 Å². The van der Waals surface area contributed by atoms with Crippen molar-refractivity contribution in [2.45, 2.75) is 19.8 Å². The molecule has 3 aromatic rings. The third-order valence-corrected chi connectivity index (χ3v) is 4.30. The summed E-state index contributed by atoms with van der Waals surface area (Å²) in [5, 5.41) is 1.13. The minimum absolute atomic E-state index is 0.276. The van der Waals surface area contributed by atoms with Gasteiger partial charge in [-0.25, -0.2) is 0 Å². The van der Waals surface area contributed by atoms with Gasteiger partial charge in [0.25, 0.3) is 0 Å². The van der Waals surface area contributed by atoms with Crippen molar-refractivity contribution in [3.63, 3.8) is 0 Å². The fourth-order valence-corrected chi connectivity index (χ4v) is 3.27. The van der Waals surface area contributed by atoms with E-state index in [1.807, 2.05) is 37.4 Å². The van der Waals surface area contributed by atoms with Crippen molar-refractivity contribution >= 4 is 16.7 Å². The summed E-state index contributed by atoms with van der Waals surface area (Å²) in [4.78, 5) is 16.6. The maximum Gasteiger partial charge on any atom is 0.163 e. The van der Waals surface area contributed by atoms with Crippen LogP contribution in [0.25, 0.3) is 22.0 Å². The van der Waals surface area contributed by atoms with Crippen molar-refractivity contribution in [1.82, 2.24) is 4.98 Å². The van der Waals surface area contributed by atoms with E-state index in [0.717, 1.165) is 39.6 Å². The van der Waals surface area contributed by atoms with Gasteiger partial charge < -0.3 is 0 Å². The Hall–Kier alpha value is -2.48. The largest absolute Gasteiger partial charge is 0.294 e. The number of carbonyl (C=O) groups is 1. The van der Waals surface area contributed by atoms with Crippen molar-refractivity contribution in [2.24, 2.45) is 0 Å².